The Morgan fingerprint density at radius 2 is 1.90 bits per heavy atom. The van der Waals surface area contributed by atoms with Crippen molar-refractivity contribution in [3.63, 3.8) is 0 Å². The van der Waals surface area contributed by atoms with Crippen LogP contribution in [0.5, 0.6) is 0 Å². The Morgan fingerprint density at radius 3 is 2.63 bits per heavy atom. The lowest BCUT2D eigenvalue weighted by Gasteiger charge is -2.39. The van der Waals surface area contributed by atoms with Crippen LogP contribution in [0.2, 0.25) is 0 Å². The molecule has 0 radical (unpaired) electrons. The summed E-state index contributed by atoms with van der Waals surface area (Å²) in [7, 11) is -3.66. The van der Waals surface area contributed by atoms with Crippen molar-refractivity contribution >= 4 is 15.9 Å². The highest BCUT2D eigenvalue weighted by molar-refractivity contribution is 7.89. The topological polar surface area (TPSA) is 79.4 Å². The zero-order valence-electron chi connectivity index (χ0n) is 17.8. The number of benzene rings is 1. The first-order chi connectivity index (χ1) is 14.1. The fourth-order valence-electron chi connectivity index (χ4n) is 5.41. The van der Waals surface area contributed by atoms with Crippen LogP contribution in [0.3, 0.4) is 0 Å². The highest BCUT2D eigenvalue weighted by Gasteiger charge is 2.53. The Morgan fingerprint density at radius 1 is 1.17 bits per heavy atom. The van der Waals surface area contributed by atoms with E-state index in [1.165, 1.54) is 6.07 Å². The zero-order chi connectivity index (χ0) is 21.6. The first kappa shape index (κ1) is 21.0. The average Bonchev–Trinajstić information content (AvgIpc) is 2.96. The molecule has 1 saturated carbocycles. The summed E-state index contributed by atoms with van der Waals surface area (Å²) in [5.41, 5.74) is 1.43. The summed E-state index contributed by atoms with van der Waals surface area (Å²) in [4.78, 5) is 16.7. The van der Waals surface area contributed by atoms with E-state index < -0.39 is 10.0 Å². The van der Waals surface area contributed by atoms with Gasteiger partial charge >= 0.3 is 0 Å². The number of hydrogen-bond donors (Lipinski definition) is 1. The van der Waals surface area contributed by atoms with Crippen LogP contribution in [0.4, 0.5) is 0 Å². The lowest BCUT2D eigenvalue weighted by atomic mass is 9.65. The third-order valence-electron chi connectivity index (χ3n) is 6.27. The molecule has 160 valence electrons. The number of carbonyl (C=O) groups excluding carboxylic acids is 1. The van der Waals surface area contributed by atoms with E-state index in [-0.39, 0.29) is 27.7 Å². The summed E-state index contributed by atoms with van der Waals surface area (Å²) in [6, 6.07) is 10.0. The molecular weight excluding hydrogens is 398 g/mol. The number of nitrogens with one attached hydrogen (secondary N) is 1. The van der Waals surface area contributed by atoms with Crippen LogP contribution >= 0.6 is 0 Å². The number of pyridine rings is 1. The van der Waals surface area contributed by atoms with Gasteiger partial charge in [-0.2, -0.15) is 4.31 Å². The maximum absolute atomic E-state index is 13.5. The molecule has 30 heavy (non-hydrogen) atoms. The monoisotopic (exact) mass is 427 g/mol. The maximum Gasteiger partial charge on any atom is 0.251 e. The molecule has 2 unspecified atom stereocenters. The molecule has 0 spiro atoms. The number of aromatic nitrogens is 1. The Balaban J connectivity index is 1.54. The first-order valence-corrected chi connectivity index (χ1v) is 11.8. The molecule has 1 aliphatic heterocycles. The molecule has 1 aromatic heterocycles. The SMILES string of the molecule is CC1(C)CC2CC(C)(CN2S(=O)(=O)c2cccc(C(=O)NCc3ccncc3)c2)C1. The van der Waals surface area contributed by atoms with Crippen LogP contribution in [-0.4, -0.2) is 36.2 Å². The van der Waals surface area contributed by atoms with Crippen LogP contribution < -0.4 is 5.32 Å². The molecular formula is C23H29N3O3S. The van der Waals surface area contributed by atoms with Gasteiger partial charge in [-0.1, -0.05) is 26.8 Å². The smallest absolute Gasteiger partial charge is 0.251 e. The van der Waals surface area contributed by atoms with Crippen LogP contribution in [0, 0.1) is 10.8 Å². The Kier molecular flexibility index (Phi) is 5.22. The predicted molar refractivity (Wildman–Crippen MR) is 115 cm³/mol. The molecule has 2 aliphatic rings. The van der Waals surface area contributed by atoms with Gasteiger partial charge in [-0.05, 0) is 66.0 Å². The Labute approximate surface area is 178 Å². The first-order valence-electron chi connectivity index (χ1n) is 10.4. The van der Waals surface area contributed by atoms with Gasteiger partial charge in [-0.15, -0.1) is 0 Å². The number of amides is 1. The van der Waals surface area contributed by atoms with Gasteiger partial charge < -0.3 is 5.32 Å². The second-order valence-corrected chi connectivity index (χ2v) is 11.7. The summed E-state index contributed by atoms with van der Waals surface area (Å²) < 4.78 is 28.6. The van der Waals surface area contributed by atoms with E-state index in [2.05, 4.69) is 31.1 Å². The van der Waals surface area contributed by atoms with Gasteiger partial charge in [0.2, 0.25) is 10.0 Å². The molecule has 2 fully saturated rings. The molecule has 7 heteroatoms. The fourth-order valence-corrected chi connectivity index (χ4v) is 7.23. The quantitative estimate of drug-likeness (QED) is 0.791. The van der Waals surface area contributed by atoms with Crippen molar-refractivity contribution in [3.05, 3.63) is 59.9 Å². The molecule has 2 bridgehead atoms. The summed E-state index contributed by atoms with van der Waals surface area (Å²) in [6.07, 6.45) is 6.14. The van der Waals surface area contributed by atoms with Gasteiger partial charge in [0, 0.05) is 37.1 Å². The van der Waals surface area contributed by atoms with Crippen molar-refractivity contribution in [3.8, 4) is 0 Å². The second-order valence-electron chi connectivity index (χ2n) is 9.83. The molecule has 2 aromatic rings. The summed E-state index contributed by atoms with van der Waals surface area (Å²) in [5.74, 6) is -0.294. The normalized spacial score (nSPS) is 25.8. The van der Waals surface area contributed by atoms with Gasteiger partial charge in [0.15, 0.2) is 0 Å². The molecule has 2 heterocycles. The average molecular weight is 428 g/mol. The van der Waals surface area contributed by atoms with E-state index in [1.54, 1.807) is 34.9 Å². The summed E-state index contributed by atoms with van der Waals surface area (Å²) in [5, 5.41) is 2.84. The Bertz CT molecular complexity index is 1050. The van der Waals surface area contributed by atoms with Crippen LogP contribution in [0.25, 0.3) is 0 Å². The molecule has 1 N–H and O–H groups in total. The highest BCUT2D eigenvalue weighted by atomic mass is 32.2. The number of nitrogens with zero attached hydrogens (tertiary/aromatic N) is 2. The molecule has 1 aliphatic carbocycles. The van der Waals surface area contributed by atoms with Crippen molar-refractivity contribution < 1.29 is 13.2 Å². The van der Waals surface area contributed by atoms with Gasteiger partial charge in [0.1, 0.15) is 0 Å². The lowest BCUT2D eigenvalue weighted by Crippen LogP contribution is -2.37. The van der Waals surface area contributed by atoms with Gasteiger partial charge in [-0.3, -0.25) is 9.78 Å². The fraction of sp³-hybridized carbons (Fsp3) is 0.478. The second kappa shape index (κ2) is 7.46. The Hall–Kier alpha value is -2.25. The van der Waals surface area contributed by atoms with Crippen LogP contribution in [0.1, 0.15) is 56.0 Å². The molecule has 1 aromatic carbocycles. The van der Waals surface area contributed by atoms with E-state index in [9.17, 15) is 13.2 Å². The van der Waals surface area contributed by atoms with Crippen molar-refractivity contribution in [2.45, 2.75) is 57.5 Å². The predicted octanol–water partition coefficient (Wildman–Crippen LogP) is 3.60. The van der Waals surface area contributed by atoms with Crippen molar-refractivity contribution in [2.75, 3.05) is 6.54 Å². The standard InChI is InChI=1S/C23H29N3O3S/c1-22(2)12-19-13-23(3,15-22)16-26(19)30(28,29)20-6-4-5-18(11-20)21(27)25-14-17-7-9-24-10-8-17/h4-11,19H,12-16H2,1-3H3,(H,25,27). The van der Waals surface area contributed by atoms with E-state index in [0.717, 1.165) is 24.8 Å². The number of fused-ring (bicyclic) bond motifs is 2. The van der Waals surface area contributed by atoms with Gasteiger partial charge in [-0.25, -0.2) is 8.42 Å². The lowest BCUT2D eigenvalue weighted by molar-refractivity contribution is 0.0950. The van der Waals surface area contributed by atoms with E-state index in [4.69, 9.17) is 0 Å². The number of carbonyl (C=O) groups is 1. The minimum absolute atomic E-state index is 0.0129. The van der Waals surface area contributed by atoms with Crippen LogP contribution in [-0.2, 0) is 16.6 Å². The highest BCUT2D eigenvalue weighted by Crippen LogP contribution is 2.53. The third-order valence-corrected chi connectivity index (χ3v) is 8.17. The number of hydrogen-bond acceptors (Lipinski definition) is 4. The van der Waals surface area contributed by atoms with Crippen molar-refractivity contribution in [2.24, 2.45) is 10.8 Å². The zero-order valence-corrected chi connectivity index (χ0v) is 18.6. The molecule has 6 nitrogen and oxygen atoms in total. The third kappa shape index (κ3) is 4.14. The number of rotatable bonds is 5. The number of sulfonamides is 1. The van der Waals surface area contributed by atoms with E-state index >= 15 is 0 Å². The molecule has 1 amide bonds. The van der Waals surface area contributed by atoms with E-state index in [0.29, 0.717) is 18.7 Å². The van der Waals surface area contributed by atoms with Crippen LogP contribution in [0.15, 0.2) is 53.7 Å². The molecule has 2 atom stereocenters. The molecule has 1 saturated heterocycles. The van der Waals surface area contributed by atoms with Gasteiger partial charge in [0.05, 0.1) is 4.90 Å². The van der Waals surface area contributed by atoms with E-state index in [1.807, 2.05) is 12.1 Å². The van der Waals surface area contributed by atoms with Gasteiger partial charge in [0.25, 0.3) is 5.91 Å². The van der Waals surface area contributed by atoms with Crippen molar-refractivity contribution in [1.29, 1.82) is 0 Å². The molecule has 4 rings (SSSR count). The minimum atomic E-state index is -3.66. The van der Waals surface area contributed by atoms with Crippen molar-refractivity contribution in [1.82, 2.24) is 14.6 Å². The summed E-state index contributed by atoms with van der Waals surface area (Å²) in [6.45, 7) is 7.55. The minimum Gasteiger partial charge on any atom is -0.348 e. The summed E-state index contributed by atoms with van der Waals surface area (Å²) >= 11 is 0. The largest absolute Gasteiger partial charge is 0.348 e. The maximum atomic E-state index is 13.5.